The molecule has 0 aliphatic carbocycles. The minimum atomic E-state index is 0.0444. The van der Waals surface area contributed by atoms with Gasteiger partial charge in [0.2, 0.25) is 0 Å². The fourth-order valence-electron chi connectivity index (χ4n) is 1.65. The van der Waals surface area contributed by atoms with Gasteiger partial charge in [0.05, 0.1) is 5.54 Å². The summed E-state index contributed by atoms with van der Waals surface area (Å²) in [7, 11) is 2.00. The molecule has 0 aromatic heterocycles. The van der Waals surface area contributed by atoms with Crippen LogP contribution in [0.4, 0.5) is 0 Å². The van der Waals surface area contributed by atoms with E-state index >= 15 is 0 Å². The van der Waals surface area contributed by atoms with Crippen molar-refractivity contribution in [2.24, 2.45) is 0 Å². The summed E-state index contributed by atoms with van der Waals surface area (Å²) >= 11 is 1.68. The van der Waals surface area contributed by atoms with Gasteiger partial charge in [-0.1, -0.05) is 39.6 Å². The Bertz CT molecular complexity index is 165. The molecule has 0 saturated heterocycles. The Balaban J connectivity index is 4.47. The third-order valence-corrected chi connectivity index (χ3v) is 3.17. The standard InChI is InChI=1S/C12H30N4S/c1-10(2)14-8-12(7-13-5,16-17-6)9-15-11(3)4/h10-11,13-16H,7-9H2,1-6H3. The molecule has 0 saturated carbocycles. The summed E-state index contributed by atoms with van der Waals surface area (Å²) in [6.07, 6.45) is 2.08. The minimum Gasteiger partial charge on any atom is -0.318 e. The van der Waals surface area contributed by atoms with Gasteiger partial charge in [-0.3, -0.25) is 4.72 Å². The van der Waals surface area contributed by atoms with Crippen LogP contribution < -0.4 is 20.7 Å². The lowest BCUT2D eigenvalue weighted by atomic mass is 10.00. The van der Waals surface area contributed by atoms with Gasteiger partial charge in [-0.25, -0.2) is 0 Å². The lowest BCUT2D eigenvalue weighted by Gasteiger charge is -2.36. The van der Waals surface area contributed by atoms with Crippen LogP contribution in [0.5, 0.6) is 0 Å². The van der Waals surface area contributed by atoms with Crippen LogP contribution in [0.1, 0.15) is 27.7 Å². The highest BCUT2D eigenvalue weighted by atomic mass is 32.2. The summed E-state index contributed by atoms with van der Waals surface area (Å²) in [5, 5.41) is 10.3. The Morgan fingerprint density at radius 1 is 0.941 bits per heavy atom. The van der Waals surface area contributed by atoms with Crippen molar-refractivity contribution in [1.82, 2.24) is 20.7 Å². The molecule has 0 radical (unpaired) electrons. The van der Waals surface area contributed by atoms with E-state index < -0.39 is 0 Å². The Hall–Kier alpha value is 0.190. The SMILES string of the molecule is CNCC(CNC(C)C)(CNC(C)C)NSC. The van der Waals surface area contributed by atoms with Gasteiger partial charge in [0.1, 0.15) is 0 Å². The maximum absolute atomic E-state index is 3.54. The second kappa shape index (κ2) is 9.16. The van der Waals surface area contributed by atoms with Crippen molar-refractivity contribution in [1.29, 1.82) is 0 Å². The summed E-state index contributed by atoms with van der Waals surface area (Å²) in [5.41, 5.74) is 0.0444. The molecular weight excluding hydrogens is 232 g/mol. The van der Waals surface area contributed by atoms with E-state index in [-0.39, 0.29) is 5.54 Å². The summed E-state index contributed by atoms with van der Waals surface area (Å²) in [4.78, 5) is 0. The van der Waals surface area contributed by atoms with Crippen molar-refractivity contribution in [3.63, 3.8) is 0 Å². The largest absolute Gasteiger partial charge is 0.318 e. The van der Waals surface area contributed by atoms with E-state index in [2.05, 4.69) is 54.6 Å². The first-order valence-electron chi connectivity index (χ1n) is 6.37. The van der Waals surface area contributed by atoms with Crippen LogP contribution >= 0.6 is 11.9 Å². The number of hydrogen-bond donors (Lipinski definition) is 4. The monoisotopic (exact) mass is 262 g/mol. The molecule has 0 spiro atoms. The van der Waals surface area contributed by atoms with Crippen LogP contribution in [-0.4, -0.2) is 50.6 Å². The van der Waals surface area contributed by atoms with Gasteiger partial charge >= 0.3 is 0 Å². The molecule has 0 aromatic rings. The molecule has 4 nitrogen and oxygen atoms in total. The molecule has 0 heterocycles. The van der Waals surface area contributed by atoms with E-state index in [1.807, 2.05) is 7.05 Å². The number of rotatable bonds is 10. The van der Waals surface area contributed by atoms with Crippen LogP contribution in [0, 0.1) is 0 Å². The zero-order valence-electron chi connectivity index (χ0n) is 12.2. The third kappa shape index (κ3) is 8.00. The fourth-order valence-corrected chi connectivity index (χ4v) is 2.30. The van der Waals surface area contributed by atoms with E-state index in [4.69, 9.17) is 0 Å². The summed E-state index contributed by atoms with van der Waals surface area (Å²) in [6, 6.07) is 1.02. The Morgan fingerprint density at radius 2 is 1.41 bits per heavy atom. The zero-order valence-corrected chi connectivity index (χ0v) is 13.0. The van der Waals surface area contributed by atoms with Crippen LogP contribution in [0.15, 0.2) is 0 Å². The summed E-state index contributed by atoms with van der Waals surface area (Å²) in [5.74, 6) is 0. The molecule has 5 heteroatoms. The lowest BCUT2D eigenvalue weighted by molar-refractivity contribution is 0.319. The topological polar surface area (TPSA) is 48.1 Å². The predicted molar refractivity (Wildman–Crippen MR) is 79.6 cm³/mol. The normalized spacial score (nSPS) is 12.7. The molecule has 0 rings (SSSR count). The van der Waals surface area contributed by atoms with Crippen LogP contribution in [0.25, 0.3) is 0 Å². The first kappa shape index (κ1) is 17.2. The molecular formula is C12H30N4S. The average Bonchev–Trinajstić information content (AvgIpc) is 2.24. The quantitative estimate of drug-likeness (QED) is 0.439. The maximum atomic E-state index is 3.54. The van der Waals surface area contributed by atoms with E-state index in [9.17, 15) is 0 Å². The molecule has 17 heavy (non-hydrogen) atoms. The van der Waals surface area contributed by atoms with Crippen LogP contribution in [0.3, 0.4) is 0 Å². The van der Waals surface area contributed by atoms with Gasteiger partial charge in [0.15, 0.2) is 0 Å². The van der Waals surface area contributed by atoms with E-state index in [1.165, 1.54) is 0 Å². The van der Waals surface area contributed by atoms with Crippen molar-refractivity contribution in [2.45, 2.75) is 45.3 Å². The second-order valence-corrected chi connectivity index (χ2v) is 5.80. The highest BCUT2D eigenvalue weighted by molar-refractivity contribution is 7.96. The molecule has 0 unspecified atom stereocenters. The van der Waals surface area contributed by atoms with Crippen molar-refractivity contribution < 1.29 is 0 Å². The van der Waals surface area contributed by atoms with Gasteiger partial charge in [-0.15, -0.1) is 0 Å². The van der Waals surface area contributed by atoms with Gasteiger partial charge < -0.3 is 16.0 Å². The maximum Gasteiger partial charge on any atom is 0.0655 e. The van der Waals surface area contributed by atoms with Crippen LogP contribution in [0.2, 0.25) is 0 Å². The highest BCUT2D eigenvalue weighted by Gasteiger charge is 2.28. The van der Waals surface area contributed by atoms with Gasteiger partial charge in [-0.05, 0) is 13.3 Å². The first-order chi connectivity index (χ1) is 7.95. The molecule has 0 fully saturated rings. The Kier molecular flexibility index (Phi) is 9.27. The molecule has 0 aliphatic heterocycles. The van der Waals surface area contributed by atoms with Crippen molar-refractivity contribution in [2.75, 3.05) is 32.9 Å². The summed E-state index contributed by atoms with van der Waals surface area (Å²) in [6.45, 7) is 11.6. The van der Waals surface area contributed by atoms with Crippen LogP contribution in [-0.2, 0) is 0 Å². The fraction of sp³-hybridized carbons (Fsp3) is 1.00. The molecule has 4 N–H and O–H groups in total. The van der Waals surface area contributed by atoms with E-state index in [1.54, 1.807) is 11.9 Å². The molecule has 0 atom stereocenters. The van der Waals surface area contributed by atoms with E-state index in [0.717, 1.165) is 19.6 Å². The zero-order chi connectivity index (χ0) is 13.3. The number of nitrogens with one attached hydrogen (secondary N) is 4. The van der Waals surface area contributed by atoms with Gasteiger partial charge in [0, 0.05) is 31.7 Å². The minimum absolute atomic E-state index is 0.0444. The molecule has 0 aromatic carbocycles. The molecule has 0 bridgehead atoms. The molecule has 104 valence electrons. The number of likely N-dealkylation sites (N-methyl/N-ethyl adjacent to an activating group) is 1. The smallest absolute Gasteiger partial charge is 0.0655 e. The van der Waals surface area contributed by atoms with Gasteiger partial charge in [0.25, 0.3) is 0 Å². The average molecular weight is 262 g/mol. The van der Waals surface area contributed by atoms with Crippen molar-refractivity contribution >= 4 is 11.9 Å². The highest BCUT2D eigenvalue weighted by Crippen LogP contribution is 2.07. The second-order valence-electron chi connectivity index (χ2n) is 5.19. The van der Waals surface area contributed by atoms with Gasteiger partial charge in [-0.2, -0.15) is 0 Å². The van der Waals surface area contributed by atoms with Crippen molar-refractivity contribution in [3.05, 3.63) is 0 Å². The Labute approximate surface area is 111 Å². The van der Waals surface area contributed by atoms with E-state index in [0.29, 0.717) is 12.1 Å². The lowest BCUT2D eigenvalue weighted by Crippen LogP contribution is -2.62. The van der Waals surface area contributed by atoms with Crippen molar-refractivity contribution in [3.8, 4) is 0 Å². The molecule has 0 aliphatic rings. The molecule has 0 amide bonds. The third-order valence-electron chi connectivity index (χ3n) is 2.53. The predicted octanol–water partition coefficient (Wildman–Crippen LogP) is 0.808. The first-order valence-corrected chi connectivity index (χ1v) is 7.60. The Morgan fingerprint density at radius 3 is 1.71 bits per heavy atom. The number of hydrogen-bond acceptors (Lipinski definition) is 5. The summed E-state index contributed by atoms with van der Waals surface area (Å²) < 4.78 is 3.54.